The lowest BCUT2D eigenvalue weighted by molar-refractivity contribution is -0.139. The van der Waals surface area contributed by atoms with E-state index in [4.69, 9.17) is 14.3 Å². The van der Waals surface area contributed by atoms with Gasteiger partial charge in [0.05, 0.1) is 0 Å². The van der Waals surface area contributed by atoms with Crippen molar-refractivity contribution in [1.82, 2.24) is 9.62 Å². The molecular weight excluding hydrogens is 364 g/mol. The Morgan fingerprint density at radius 3 is 2.62 bits per heavy atom. The molecule has 26 heavy (non-hydrogen) atoms. The summed E-state index contributed by atoms with van der Waals surface area (Å²) in [7, 11) is -1.04. The van der Waals surface area contributed by atoms with E-state index in [1.54, 1.807) is 24.3 Å². The molecule has 10 heteroatoms. The number of hydrogen-bond donors (Lipinski definition) is 2. The first-order chi connectivity index (χ1) is 12.2. The van der Waals surface area contributed by atoms with Gasteiger partial charge >= 0.3 is 5.97 Å². The number of aliphatic carboxylic acids is 1. The van der Waals surface area contributed by atoms with Crippen LogP contribution >= 0.6 is 0 Å². The van der Waals surface area contributed by atoms with Crippen LogP contribution in [0, 0.1) is 0 Å². The van der Waals surface area contributed by atoms with Crippen LogP contribution in [0.5, 0.6) is 5.75 Å². The van der Waals surface area contributed by atoms with E-state index in [1.807, 2.05) is 0 Å². The van der Waals surface area contributed by atoms with Crippen molar-refractivity contribution in [2.75, 3.05) is 20.7 Å². The minimum atomic E-state index is -3.75. The molecule has 0 spiro atoms. The van der Waals surface area contributed by atoms with Crippen molar-refractivity contribution in [3.63, 3.8) is 0 Å². The highest BCUT2D eigenvalue weighted by atomic mass is 32.2. The average Bonchev–Trinajstić information content (AvgIpc) is 3.09. The molecule has 1 aromatic carbocycles. The number of nitrogens with zero attached hydrogens (tertiary/aromatic N) is 1. The zero-order valence-corrected chi connectivity index (χ0v) is 14.9. The Hall–Kier alpha value is -2.85. The summed E-state index contributed by atoms with van der Waals surface area (Å²) in [6, 6.07) is 9.06. The van der Waals surface area contributed by atoms with Crippen LogP contribution in [-0.2, 0) is 21.4 Å². The van der Waals surface area contributed by atoms with Crippen molar-refractivity contribution in [2.45, 2.75) is 11.6 Å². The molecule has 0 fully saturated rings. The summed E-state index contributed by atoms with van der Waals surface area (Å²) in [5, 5.41) is 10.9. The number of furan rings is 1. The lowest BCUT2D eigenvalue weighted by Crippen LogP contribution is -2.23. The first-order valence-electron chi connectivity index (χ1n) is 7.44. The maximum absolute atomic E-state index is 12.1. The van der Waals surface area contributed by atoms with E-state index in [2.05, 4.69) is 5.32 Å². The molecule has 0 bridgehead atoms. The molecule has 0 unspecified atom stereocenters. The van der Waals surface area contributed by atoms with Crippen LogP contribution in [0.2, 0.25) is 0 Å². The second-order valence-corrected chi connectivity index (χ2v) is 7.50. The van der Waals surface area contributed by atoms with Gasteiger partial charge in [0.1, 0.15) is 5.75 Å². The summed E-state index contributed by atoms with van der Waals surface area (Å²) in [6.45, 7) is -0.342. The van der Waals surface area contributed by atoms with Gasteiger partial charge < -0.3 is 19.6 Å². The number of carboxylic acids is 1. The SMILES string of the molecule is CN(C)S(=O)(=O)c1ccc(C(=O)NCc2cccc(OCC(=O)O)c2)o1. The predicted octanol–water partition coefficient (Wildman–Crippen LogP) is 0.923. The summed E-state index contributed by atoms with van der Waals surface area (Å²) >= 11 is 0. The quantitative estimate of drug-likeness (QED) is 0.695. The fraction of sp³-hybridized carbons (Fsp3) is 0.250. The number of carbonyl (C=O) groups excluding carboxylic acids is 1. The molecule has 0 aliphatic rings. The Morgan fingerprint density at radius 1 is 1.23 bits per heavy atom. The van der Waals surface area contributed by atoms with Gasteiger partial charge in [0, 0.05) is 20.6 Å². The molecule has 2 N–H and O–H groups in total. The van der Waals surface area contributed by atoms with E-state index in [-0.39, 0.29) is 17.4 Å². The Labute approximate surface area is 150 Å². The molecule has 0 aliphatic heterocycles. The number of hydrogen-bond acceptors (Lipinski definition) is 6. The molecule has 0 atom stereocenters. The van der Waals surface area contributed by atoms with Crippen LogP contribution in [0.4, 0.5) is 0 Å². The number of rotatable bonds is 8. The van der Waals surface area contributed by atoms with Crippen molar-refractivity contribution in [1.29, 1.82) is 0 Å². The van der Waals surface area contributed by atoms with E-state index in [9.17, 15) is 18.0 Å². The lowest BCUT2D eigenvalue weighted by atomic mass is 10.2. The van der Waals surface area contributed by atoms with Crippen molar-refractivity contribution < 1.29 is 32.3 Å². The van der Waals surface area contributed by atoms with Crippen LogP contribution in [0.1, 0.15) is 16.1 Å². The number of carboxylic acid groups (broad SMARTS) is 1. The molecule has 0 saturated carbocycles. The summed E-state index contributed by atoms with van der Waals surface area (Å²) in [6.07, 6.45) is 0. The van der Waals surface area contributed by atoms with Crippen molar-refractivity contribution in [3.05, 3.63) is 47.7 Å². The monoisotopic (exact) mass is 382 g/mol. The number of amides is 1. The molecule has 140 valence electrons. The molecule has 0 aliphatic carbocycles. The predicted molar refractivity (Wildman–Crippen MR) is 90.3 cm³/mol. The zero-order chi connectivity index (χ0) is 19.3. The van der Waals surface area contributed by atoms with Crippen LogP contribution < -0.4 is 10.1 Å². The van der Waals surface area contributed by atoms with Gasteiger partial charge in [0.2, 0.25) is 5.09 Å². The Bertz CT molecular complexity index is 903. The van der Waals surface area contributed by atoms with Gasteiger partial charge in [-0.15, -0.1) is 0 Å². The molecule has 0 radical (unpaired) electrons. The number of nitrogens with one attached hydrogen (secondary N) is 1. The standard InChI is InChI=1S/C16H18N2O7S/c1-18(2)26(22,23)15-7-6-13(25-15)16(21)17-9-11-4-3-5-12(8-11)24-10-14(19)20/h3-8H,9-10H2,1-2H3,(H,17,21)(H,19,20). The minimum Gasteiger partial charge on any atom is -0.482 e. The maximum atomic E-state index is 12.1. The first kappa shape index (κ1) is 19.5. The van der Waals surface area contributed by atoms with Crippen LogP contribution in [0.15, 0.2) is 45.9 Å². The lowest BCUT2D eigenvalue weighted by Gasteiger charge is -2.08. The van der Waals surface area contributed by atoms with Crippen molar-refractivity contribution in [3.8, 4) is 5.75 Å². The van der Waals surface area contributed by atoms with E-state index in [0.29, 0.717) is 11.3 Å². The van der Waals surface area contributed by atoms with Gasteiger partial charge in [-0.3, -0.25) is 4.79 Å². The number of carbonyl (C=O) groups is 2. The molecular formula is C16H18N2O7S. The highest BCUT2D eigenvalue weighted by molar-refractivity contribution is 7.88. The van der Waals surface area contributed by atoms with Gasteiger partial charge in [0.25, 0.3) is 15.9 Å². The Kier molecular flexibility index (Phi) is 6.01. The molecule has 2 rings (SSSR count). The minimum absolute atomic E-state index is 0.125. The average molecular weight is 382 g/mol. The number of benzene rings is 1. The third-order valence-electron chi connectivity index (χ3n) is 3.25. The second kappa shape index (κ2) is 8.02. The first-order valence-corrected chi connectivity index (χ1v) is 8.88. The summed E-state index contributed by atoms with van der Waals surface area (Å²) in [5.41, 5.74) is 0.675. The van der Waals surface area contributed by atoms with Gasteiger partial charge in [-0.1, -0.05) is 12.1 Å². The molecule has 2 aromatic rings. The summed E-state index contributed by atoms with van der Waals surface area (Å²) in [5.74, 6) is -1.45. The Balaban J connectivity index is 2.00. The zero-order valence-electron chi connectivity index (χ0n) is 14.1. The third-order valence-corrected chi connectivity index (χ3v) is 4.94. The van der Waals surface area contributed by atoms with Gasteiger partial charge in [0.15, 0.2) is 12.4 Å². The fourth-order valence-electron chi connectivity index (χ4n) is 1.92. The second-order valence-electron chi connectivity index (χ2n) is 5.42. The number of sulfonamides is 1. The maximum Gasteiger partial charge on any atom is 0.341 e. The number of ether oxygens (including phenoxy) is 1. The van der Waals surface area contributed by atoms with Crippen molar-refractivity contribution in [2.24, 2.45) is 0 Å². The summed E-state index contributed by atoms with van der Waals surface area (Å²) < 4.78 is 35.0. The van der Waals surface area contributed by atoms with Crippen molar-refractivity contribution >= 4 is 21.9 Å². The van der Waals surface area contributed by atoms with Gasteiger partial charge in [-0.05, 0) is 29.8 Å². The molecule has 1 amide bonds. The molecule has 1 aromatic heterocycles. The normalized spacial score (nSPS) is 11.3. The van der Waals surface area contributed by atoms with Crippen LogP contribution in [0.3, 0.4) is 0 Å². The van der Waals surface area contributed by atoms with Crippen LogP contribution in [0.25, 0.3) is 0 Å². The van der Waals surface area contributed by atoms with E-state index in [0.717, 1.165) is 4.31 Å². The topological polar surface area (TPSA) is 126 Å². The fourth-order valence-corrected chi connectivity index (χ4v) is 2.72. The van der Waals surface area contributed by atoms with E-state index in [1.165, 1.54) is 26.2 Å². The molecule has 9 nitrogen and oxygen atoms in total. The van der Waals surface area contributed by atoms with E-state index >= 15 is 0 Å². The highest BCUT2D eigenvalue weighted by Crippen LogP contribution is 2.17. The third kappa shape index (κ3) is 4.83. The molecule has 1 heterocycles. The smallest absolute Gasteiger partial charge is 0.341 e. The highest BCUT2D eigenvalue weighted by Gasteiger charge is 2.23. The largest absolute Gasteiger partial charge is 0.482 e. The summed E-state index contributed by atoms with van der Waals surface area (Å²) in [4.78, 5) is 22.6. The molecule has 0 saturated heterocycles. The van der Waals surface area contributed by atoms with Gasteiger partial charge in [-0.25, -0.2) is 17.5 Å². The van der Waals surface area contributed by atoms with E-state index < -0.39 is 28.5 Å². The van der Waals surface area contributed by atoms with Gasteiger partial charge in [-0.2, -0.15) is 0 Å². The Morgan fingerprint density at radius 2 is 1.96 bits per heavy atom. The van der Waals surface area contributed by atoms with Crippen LogP contribution in [-0.4, -0.2) is 50.4 Å².